The van der Waals surface area contributed by atoms with Crippen molar-refractivity contribution in [2.24, 2.45) is 0 Å². The molecule has 1 saturated heterocycles. The number of aromatic nitrogens is 2. The molecule has 122 valence electrons. The third-order valence-corrected chi connectivity index (χ3v) is 4.46. The van der Waals surface area contributed by atoms with Gasteiger partial charge in [0, 0.05) is 13.1 Å². The van der Waals surface area contributed by atoms with Gasteiger partial charge in [0.05, 0.1) is 31.1 Å². The van der Waals surface area contributed by atoms with Crippen molar-refractivity contribution < 1.29 is 4.74 Å². The summed E-state index contributed by atoms with van der Waals surface area (Å²) in [5.41, 5.74) is 3.53. The standard InChI is InChI=1S/C20H21N3O/c1-3-7-16(8-4-1)14-23-11-12-24-15-19(23)20-21-13-18(22-20)17-9-5-2-6-10-17/h1-10,13,19H,11-12,14-15H2,(H,21,22). The molecule has 0 spiro atoms. The molecule has 0 radical (unpaired) electrons. The Balaban J connectivity index is 1.56. The van der Waals surface area contributed by atoms with Gasteiger partial charge in [0.1, 0.15) is 5.82 Å². The van der Waals surface area contributed by atoms with E-state index in [1.807, 2.05) is 24.4 Å². The zero-order valence-electron chi connectivity index (χ0n) is 13.6. The Hall–Kier alpha value is -2.43. The summed E-state index contributed by atoms with van der Waals surface area (Å²) in [6.45, 7) is 3.28. The number of ether oxygens (including phenoxy) is 1. The maximum absolute atomic E-state index is 5.72. The number of morpholine rings is 1. The van der Waals surface area contributed by atoms with Crippen LogP contribution in [0.15, 0.2) is 66.9 Å². The summed E-state index contributed by atoms with van der Waals surface area (Å²) in [5, 5.41) is 0. The molecule has 4 rings (SSSR count). The minimum atomic E-state index is 0.163. The van der Waals surface area contributed by atoms with Crippen molar-refractivity contribution in [1.82, 2.24) is 14.9 Å². The lowest BCUT2D eigenvalue weighted by Crippen LogP contribution is -2.39. The highest BCUT2D eigenvalue weighted by Crippen LogP contribution is 2.26. The Morgan fingerprint density at radius 2 is 1.79 bits per heavy atom. The molecule has 1 N–H and O–H groups in total. The van der Waals surface area contributed by atoms with Gasteiger partial charge in [-0.2, -0.15) is 0 Å². The molecule has 1 aliphatic rings. The molecule has 0 bridgehead atoms. The average Bonchev–Trinajstić information content (AvgIpc) is 3.14. The lowest BCUT2D eigenvalue weighted by atomic mass is 10.1. The number of nitrogens with one attached hydrogen (secondary N) is 1. The van der Waals surface area contributed by atoms with Gasteiger partial charge in [-0.25, -0.2) is 4.98 Å². The first-order valence-corrected chi connectivity index (χ1v) is 8.36. The predicted molar refractivity (Wildman–Crippen MR) is 94.4 cm³/mol. The van der Waals surface area contributed by atoms with Crippen LogP contribution in [0.2, 0.25) is 0 Å². The number of aromatic amines is 1. The normalized spacial score (nSPS) is 18.6. The molecule has 24 heavy (non-hydrogen) atoms. The minimum absolute atomic E-state index is 0.163. The topological polar surface area (TPSA) is 41.1 Å². The number of rotatable bonds is 4. The van der Waals surface area contributed by atoms with E-state index in [0.29, 0.717) is 6.61 Å². The van der Waals surface area contributed by atoms with Crippen LogP contribution in [0, 0.1) is 0 Å². The quantitative estimate of drug-likeness (QED) is 0.798. The monoisotopic (exact) mass is 319 g/mol. The number of imidazole rings is 1. The smallest absolute Gasteiger partial charge is 0.126 e. The zero-order valence-corrected chi connectivity index (χ0v) is 13.6. The van der Waals surface area contributed by atoms with E-state index in [4.69, 9.17) is 4.74 Å². The number of benzene rings is 2. The molecule has 1 atom stereocenters. The third-order valence-electron chi connectivity index (χ3n) is 4.46. The summed E-state index contributed by atoms with van der Waals surface area (Å²) in [7, 11) is 0. The first-order valence-electron chi connectivity index (χ1n) is 8.36. The summed E-state index contributed by atoms with van der Waals surface area (Å²) in [6.07, 6.45) is 1.92. The Morgan fingerprint density at radius 3 is 2.58 bits per heavy atom. The van der Waals surface area contributed by atoms with E-state index in [-0.39, 0.29) is 6.04 Å². The Morgan fingerprint density at radius 1 is 1.04 bits per heavy atom. The van der Waals surface area contributed by atoms with E-state index in [2.05, 4.69) is 57.3 Å². The van der Waals surface area contributed by atoms with Crippen molar-refractivity contribution in [1.29, 1.82) is 0 Å². The summed E-state index contributed by atoms with van der Waals surface area (Å²) in [5.74, 6) is 0.976. The Kier molecular flexibility index (Phi) is 4.40. The summed E-state index contributed by atoms with van der Waals surface area (Å²) in [4.78, 5) is 10.5. The van der Waals surface area contributed by atoms with Crippen LogP contribution in [-0.4, -0.2) is 34.6 Å². The fourth-order valence-corrected chi connectivity index (χ4v) is 3.17. The van der Waals surface area contributed by atoms with Gasteiger partial charge in [-0.3, -0.25) is 4.90 Å². The second-order valence-electron chi connectivity index (χ2n) is 6.09. The SMILES string of the molecule is c1ccc(CN2CCOCC2c2ncc(-c3ccccc3)[nH]2)cc1. The second kappa shape index (κ2) is 6.99. The predicted octanol–water partition coefficient (Wildman–Crippen LogP) is 3.65. The lowest BCUT2D eigenvalue weighted by Gasteiger charge is -2.34. The van der Waals surface area contributed by atoms with Gasteiger partial charge in [0.25, 0.3) is 0 Å². The van der Waals surface area contributed by atoms with E-state index < -0.39 is 0 Å². The molecule has 1 fully saturated rings. The highest BCUT2D eigenvalue weighted by Gasteiger charge is 2.27. The second-order valence-corrected chi connectivity index (χ2v) is 6.09. The molecule has 0 aliphatic carbocycles. The van der Waals surface area contributed by atoms with Crippen LogP contribution in [0.1, 0.15) is 17.4 Å². The van der Waals surface area contributed by atoms with Crippen molar-refractivity contribution in [3.8, 4) is 11.3 Å². The molecule has 2 aromatic carbocycles. The minimum Gasteiger partial charge on any atom is -0.378 e. The van der Waals surface area contributed by atoms with E-state index in [9.17, 15) is 0 Å². The van der Waals surface area contributed by atoms with Crippen molar-refractivity contribution in [3.63, 3.8) is 0 Å². The molecule has 1 aliphatic heterocycles. The van der Waals surface area contributed by atoms with Crippen LogP contribution in [-0.2, 0) is 11.3 Å². The summed E-state index contributed by atoms with van der Waals surface area (Å²) in [6, 6.07) is 21.0. The summed E-state index contributed by atoms with van der Waals surface area (Å²) < 4.78 is 5.72. The average molecular weight is 319 g/mol. The zero-order chi connectivity index (χ0) is 16.2. The lowest BCUT2D eigenvalue weighted by molar-refractivity contribution is -0.0156. The molecule has 4 nitrogen and oxygen atoms in total. The number of hydrogen-bond donors (Lipinski definition) is 1. The molecule has 1 unspecified atom stereocenters. The first-order chi connectivity index (χ1) is 11.9. The third kappa shape index (κ3) is 3.25. The van der Waals surface area contributed by atoms with Gasteiger partial charge in [-0.15, -0.1) is 0 Å². The molecule has 2 heterocycles. The molecule has 3 aromatic rings. The van der Waals surface area contributed by atoms with Crippen LogP contribution in [0.3, 0.4) is 0 Å². The van der Waals surface area contributed by atoms with Crippen LogP contribution in [0.25, 0.3) is 11.3 Å². The van der Waals surface area contributed by atoms with E-state index in [0.717, 1.165) is 36.8 Å². The van der Waals surface area contributed by atoms with Gasteiger partial charge in [-0.05, 0) is 11.1 Å². The van der Waals surface area contributed by atoms with E-state index in [1.165, 1.54) is 5.56 Å². The molecule has 0 saturated carbocycles. The van der Waals surface area contributed by atoms with Crippen LogP contribution in [0.4, 0.5) is 0 Å². The van der Waals surface area contributed by atoms with Crippen LogP contribution in [0.5, 0.6) is 0 Å². The van der Waals surface area contributed by atoms with E-state index >= 15 is 0 Å². The van der Waals surface area contributed by atoms with Gasteiger partial charge in [0.2, 0.25) is 0 Å². The van der Waals surface area contributed by atoms with Crippen LogP contribution < -0.4 is 0 Å². The van der Waals surface area contributed by atoms with Gasteiger partial charge in [-0.1, -0.05) is 60.7 Å². The number of H-pyrrole nitrogens is 1. The number of nitrogens with zero attached hydrogens (tertiary/aromatic N) is 2. The molecule has 1 aromatic heterocycles. The fourth-order valence-electron chi connectivity index (χ4n) is 3.17. The Labute approximate surface area is 142 Å². The van der Waals surface area contributed by atoms with Crippen molar-refractivity contribution >= 4 is 0 Å². The molecular weight excluding hydrogens is 298 g/mol. The van der Waals surface area contributed by atoms with Gasteiger partial charge >= 0.3 is 0 Å². The largest absolute Gasteiger partial charge is 0.378 e. The first kappa shape index (κ1) is 15.1. The highest BCUT2D eigenvalue weighted by molar-refractivity contribution is 5.58. The maximum Gasteiger partial charge on any atom is 0.126 e. The molecule has 0 amide bonds. The van der Waals surface area contributed by atoms with Crippen molar-refractivity contribution in [3.05, 3.63) is 78.2 Å². The molecular formula is C20H21N3O. The molecule has 4 heteroatoms. The van der Waals surface area contributed by atoms with Gasteiger partial charge in [0.15, 0.2) is 0 Å². The van der Waals surface area contributed by atoms with E-state index in [1.54, 1.807) is 0 Å². The van der Waals surface area contributed by atoms with Crippen LogP contribution >= 0.6 is 0 Å². The van der Waals surface area contributed by atoms with Crippen molar-refractivity contribution in [2.45, 2.75) is 12.6 Å². The highest BCUT2D eigenvalue weighted by atomic mass is 16.5. The summed E-state index contributed by atoms with van der Waals surface area (Å²) >= 11 is 0. The fraction of sp³-hybridized carbons (Fsp3) is 0.250. The van der Waals surface area contributed by atoms with Crippen molar-refractivity contribution in [2.75, 3.05) is 19.8 Å². The maximum atomic E-state index is 5.72. The van der Waals surface area contributed by atoms with Gasteiger partial charge < -0.3 is 9.72 Å². The Bertz CT molecular complexity index is 770. The number of hydrogen-bond acceptors (Lipinski definition) is 3.